The third-order valence-electron chi connectivity index (χ3n) is 2.41. The van der Waals surface area contributed by atoms with Crippen molar-refractivity contribution in [2.24, 2.45) is 0 Å². The van der Waals surface area contributed by atoms with Crippen molar-refractivity contribution in [3.63, 3.8) is 0 Å². The average molecular weight is 279 g/mol. The summed E-state index contributed by atoms with van der Waals surface area (Å²) >= 11 is 1.21. The highest BCUT2D eigenvalue weighted by Gasteiger charge is 2.13. The third-order valence-corrected chi connectivity index (χ3v) is 3.09. The van der Waals surface area contributed by atoms with Crippen LogP contribution in [0.25, 0.3) is 0 Å². The van der Waals surface area contributed by atoms with Gasteiger partial charge in [0.25, 0.3) is 5.91 Å². The highest BCUT2D eigenvalue weighted by atomic mass is 32.1. The fourth-order valence-corrected chi connectivity index (χ4v) is 2.02. The summed E-state index contributed by atoms with van der Waals surface area (Å²) in [5.41, 5.74) is 6.31. The number of rotatable bonds is 4. The zero-order valence-electron chi connectivity index (χ0n) is 10.5. The van der Waals surface area contributed by atoms with Crippen molar-refractivity contribution in [2.45, 2.75) is 0 Å². The second-order valence-electron chi connectivity index (χ2n) is 3.59. The molecule has 0 saturated carbocycles. The Labute approximate surface area is 114 Å². The first kappa shape index (κ1) is 13.2. The lowest BCUT2D eigenvalue weighted by molar-refractivity contribution is 0.102. The molecule has 0 bridgehead atoms. The van der Waals surface area contributed by atoms with Crippen LogP contribution in [-0.2, 0) is 0 Å². The van der Waals surface area contributed by atoms with Crippen LogP contribution in [0.4, 0.5) is 10.8 Å². The van der Waals surface area contributed by atoms with Crippen molar-refractivity contribution >= 4 is 28.1 Å². The molecule has 1 heterocycles. The van der Waals surface area contributed by atoms with Gasteiger partial charge in [-0.15, -0.1) is 11.3 Å². The summed E-state index contributed by atoms with van der Waals surface area (Å²) in [5, 5.41) is 4.66. The average Bonchev–Trinajstić information content (AvgIpc) is 2.86. The van der Waals surface area contributed by atoms with Gasteiger partial charge in [-0.2, -0.15) is 0 Å². The van der Waals surface area contributed by atoms with E-state index >= 15 is 0 Å². The number of carbonyl (C=O) groups excluding carboxylic acids is 1. The summed E-state index contributed by atoms with van der Waals surface area (Å²) in [5.74, 6) is 0.820. The fraction of sp³-hybridized carbons (Fsp3) is 0.167. The standard InChI is InChI=1S/C12H13N3O3S/c1-17-7-3-4-8(10(5-7)18-2)14-11(16)9-6-19-12(13)15-9/h3-6H,1-2H3,(H2,13,15)(H,14,16). The van der Waals surface area contributed by atoms with Crippen LogP contribution in [0.1, 0.15) is 10.5 Å². The number of nitrogens with one attached hydrogen (secondary N) is 1. The van der Waals surface area contributed by atoms with E-state index in [1.807, 2.05) is 0 Å². The van der Waals surface area contributed by atoms with E-state index in [1.54, 1.807) is 30.7 Å². The predicted molar refractivity (Wildman–Crippen MR) is 74.0 cm³/mol. The number of amides is 1. The number of nitrogen functional groups attached to an aromatic ring is 1. The van der Waals surface area contributed by atoms with Crippen LogP contribution >= 0.6 is 11.3 Å². The Kier molecular flexibility index (Phi) is 3.86. The van der Waals surface area contributed by atoms with Crippen molar-refractivity contribution in [1.82, 2.24) is 4.98 Å². The number of hydrogen-bond donors (Lipinski definition) is 2. The molecule has 0 atom stereocenters. The molecule has 0 spiro atoms. The van der Waals surface area contributed by atoms with Crippen molar-refractivity contribution in [3.8, 4) is 11.5 Å². The topological polar surface area (TPSA) is 86.5 Å². The normalized spacial score (nSPS) is 10.0. The van der Waals surface area contributed by atoms with Crippen molar-refractivity contribution in [2.75, 3.05) is 25.3 Å². The second kappa shape index (κ2) is 5.57. The molecule has 1 aromatic carbocycles. The van der Waals surface area contributed by atoms with E-state index in [2.05, 4.69) is 10.3 Å². The summed E-state index contributed by atoms with van der Waals surface area (Å²) in [6.07, 6.45) is 0. The molecule has 7 heteroatoms. The number of aromatic nitrogens is 1. The highest BCUT2D eigenvalue weighted by molar-refractivity contribution is 7.13. The Morgan fingerprint density at radius 3 is 2.74 bits per heavy atom. The van der Waals surface area contributed by atoms with Gasteiger partial charge in [-0.25, -0.2) is 4.98 Å². The first-order chi connectivity index (χ1) is 9.13. The number of hydrogen-bond acceptors (Lipinski definition) is 6. The summed E-state index contributed by atoms with van der Waals surface area (Å²) in [7, 11) is 3.08. The van der Waals surface area contributed by atoms with Gasteiger partial charge < -0.3 is 20.5 Å². The quantitative estimate of drug-likeness (QED) is 0.893. The van der Waals surface area contributed by atoms with Gasteiger partial charge in [-0.1, -0.05) is 0 Å². The van der Waals surface area contributed by atoms with Crippen LogP contribution < -0.4 is 20.5 Å². The molecule has 0 unspecified atom stereocenters. The maximum absolute atomic E-state index is 11.9. The highest BCUT2D eigenvalue weighted by Crippen LogP contribution is 2.29. The summed E-state index contributed by atoms with van der Waals surface area (Å²) in [6.45, 7) is 0. The Morgan fingerprint density at radius 2 is 2.16 bits per heavy atom. The van der Waals surface area contributed by atoms with Crippen LogP contribution in [0.5, 0.6) is 11.5 Å². The van der Waals surface area contributed by atoms with E-state index < -0.39 is 0 Å². The maximum atomic E-state index is 11.9. The SMILES string of the molecule is COc1ccc(NC(=O)c2csc(N)n2)c(OC)c1. The zero-order chi connectivity index (χ0) is 13.8. The largest absolute Gasteiger partial charge is 0.497 e. The second-order valence-corrected chi connectivity index (χ2v) is 4.48. The Bertz CT molecular complexity index is 598. The van der Waals surface area contributed by atoms with E-state index in [0.717, 1.165) is 0 Å². The molecule has 0 aliphatic heterocycles. The molecule has 19 heavy (non-hydrogen) atoms. The molecule has 6 nitrogen and oxygen atoms in total. The van der Waals surface area contributed by atoms with E-state index in [-0.39, 0.29) is 11.6 Å². The monoisotopic (exact) mass is 279 g/mol. The van der Waals surface area contributed by atoms with Gasteiger partial charge in [0.05, 0.1) is 19.9 Å². The van der Waals surface area contributed by atoms with E-state index in [9.17, 15) is 4.79 Å². The maximum Gasteiger partial charge on any atom is 0.275 e. The number of nitrogens with two attached hydrogens (primary N) is 1. The molecular formula is C12H13N3O3S. The summed E-state index contributed by atoms with van der Waals surface area (Å²) in [4.78, 5) is 15.9. The van der Waals surface area contributed by atoms with E-state index in [4.69, 9.17) is 15.2 Å². The van der Waals surface area contributed by atoms with Crippen LogP contribution in [0.2, 0.25) is 0 Å². The molecule has 3 N–H and O–H groups in total. The fourth-order valence-electron chi connectivity index (χ4n) is 1.48. The van der Waals surface area contributed by atoms with Crippen molar-refractivity contribution in [1.29, 1.82) is 0 Å². The van der Waals surface area contributed by atoms with Gasteiger partial charge in [0.15, 0.2) is 5.13 Å². The smallest absolute Gasteiger partial charge is 0.275 e. The minimum Gasteiger partial charge on any atom is -0.497 e. The summed E-state index contributed by atoms with van der Waals surface area (Å²) in [6, 6.07) is 5.11. The third kappa shape index (κ3) is 2.94. The minimum atomic E-state index is -0.337. The van der Waals surface area contributed by atoms with Gasteiger partial charge in [-0.05, 0) is 12.1 Å². The van der Waals surface area contributed by atoms with Gasteiger partial charge in [0.2, 0.25) is 0 Å². The molecule has 0 radical (unpaired) electrons. The van der Waals surface area contributed by atoms with Crippen LogP contribution in [-0.4, -0.2) is 25.1 Å². The first-order valence-corrected chi connectivity index (χ1v) is 6.26. The zero-order valence-corrected chi connectivity index (χ0v) is 11.3. The van der Waals surface area contributed by atoms with Crippen LogP contribution in [0.3, 0.4) is 0 Å². The number of ether oxygens (including phenoxy) is 2. The van der Waals surface area contributed by atoms with Crippen molar-refractivity contribution < 1.29 is 14.3 Å². The molecular weight excluding hydrogens is 266 g/mol. The number of thiazole rings is 1. The molecule has 1 aromatic heterocycles. The molecule has 1 amide bonds. The lowest BCUT2D eigenvalue weighted by atomic mass is 10.2. The van der Waals surface area contributed by atoms with E-state index in [0.29, 0.717) is 22.3 Å². The molecule has 0 aliphatic rings. The van der Waals surface area contributed by atoms with Crippen LogP contribution in [0.15, 0.2) is 23.6 Å². The van der Waals surface area contributed by atoms with Gasteiger partial charge in [0, 0.05) is 11.4 Å². The van der Waals surface area contributed by atoms with Gasteiger partial charge in [-0.3, -0.25) is 4.79 Å². The predicted octanol–water partition coefficient (Wildman–Crippen LogP) is 1.99. The van der Waals surface area contributed by atoms with Gasteiger partial charge >= 0.3 is 0 Å². The number of methoxy groups -OCH3 is 2. The molecule has 2 rings (SSSR count). The van der Waals surface area contributed by atoms with E-state index in [1.165, 1.54) is 18.4 Å². The lowest BCUT2D eigenvalue weighted by Crippen LogP contribution is -2.13. The van der Waals surface area contributed by atoms with Crippen molar-refractivity contribution in [3.05, 3.63) is 29.3 Å². The molecule has 0 saturated heterocycles. The Hall–Kier alpha value is -2.28. The number of benzene rings is 1. The Balaban J connectivity index is 2.21. The van der Waals surface area contributed by atoms with Crippen LogP contribution in [0, 0.1) is 0 Å². The minimum absolute atomic E-state index is 0.278. The summed E-state index contributed by atoms with van der Waals surface area (Å²) < 4.78 is 10.3. The first-order valence-electron chi connectivity index (χ1n) is 5.38. The number of carbonyl (C=O) groups is 1. The molecule has 2 aromatic rings. The Morgan fingerprint density at radius 1 is 1.37 bits per heavy atom. The molecule has 100 valence electrons. The number of nitrogens with zero attached hydrogens (tertiary/aromatic N) is 1. The molecule has 0 fully saturated rings. The lowest BCUT2D eigenvalue weighted by Gasteiger charge is -2.10. The van der Waals surface area contributed by atoms with Gasteiger partial charge in [0.1, 0.15) is 17.2 Å². The molecule has 0 aliphatic carbocycles. The number of anilines is 2.